The van der Waals surface area contributed by atoms with E-state index in [1.165, 1.54) is 0 Å². The molecule has 0 atom stereocenters. The molecule has 8 nitrogen and oxygen atoms in total. The van der Waals surface area contributed by atoms with Gasteiger partial charge in [-0.1, -0.05) is 29.8 Å². The molecule has 0 radical (unpaired) electrons. The third-order valence-electron chi connectivity index (χ3n) is 7.69. The van der Waals surface area contributed by atoms with Crippen LogP contribution in [0.15, 0.2) is 48.7 Å². The van der Waals surface area contributed by atoms with E-state index < -0.39 is 0 Å². The number of nitrogens with one attached hydrogen (secondary N) is 2. The number of halogens is 1. The van der Waals surface area contributed by atoms with Gasteiger partial charge in [-0.2, -0.15) is 5.10 Å². The van der Waals surface area contributed by atoms with Gasteiger partial charge in [0.1, 0.15) is 11.4 Å². The summed E-state index contributed by atoms with van der Waals surface area (Å²) in [6, 6.07) is 13.6. The Kier molecular flexibility index (Phi) is 8.66. The lowest BCUT2D eigenvalue weighted by molar-refractivity contribution is 0.0945. The number of aliphatic hydroxyl groups is 1. The number of pyridine rings is 1. The van der Waals surface area contributed by atoms with E-state index in [1.54, 1.807) is 18.3 Å². The van der Waals surface area contributed by atoms with Crippen molar-refractivity contribution >= 4 is 28.4 Å². The van der Waals surface area contributed by atoms with Crippen LogP contribution in [0.4, 0.5) is 0 Å². The van der Waals surface area contributed by atoms with Crippen LogP contribution in [0.1, 0.15) is 56.2 Å². The summed E-state index contributed by atoms with van der Waals surface area (Å²) in [5, 5.41) is 18.9. The lowest BCUT2D eigenvalue weighted by Crippen LogP contribution is -2.25. The second-order valence-corrected chi connectivity index (χ2v) is 11.1. The fourth-order valence-electron chi connectivity index (χ4n) is 5.51. The molecule has 0 spiro atoms. The minimum absolute atomic E-state index is 0.0805. The molecule has 9 heteroatoms. The topological polar surface area (TPSA) is 105 Å². The highest BCUT2D eigenvalue weighted by Gasteiger charge is 2.22. The van der Waals surface area contributed by atoms with E-state index in [0.29, 0.717) is 30.8 Å². The first-order chi connectivity index (χ1) is 20.2. The zero-order valence-electron chi connectivity index (χ0n) is 24.6. The molecule has 3 N–H and O–H groups in total. The van der Waals surface area contributed by atoms with E-state index in [9.17, 15) is 9.90 Å². The Morgan fingerprint density at radius 3 is 2.57 bits per heavy atom. The van der Waals surface area contributed by atoms with Crippen LogP contribution in [0.2, 0.25) is 5.02 Å². The molecule has 3 aromatic heterocycles. The van der Waals surface area contributed by atoms with Crippen LogP contribution in [-0.4, -0.2) is 37.4 Å². The number of para-hydroxylation sites is 1. The Bertz CT molecular complexity index is 1750. The molecule has 5 rings (SSSR count). The minimum Gasteiger partial charge on any atom is -0.494 e. The Hall–Kier alpha value is -4.14. The first-order valence-corrected chi connectivity index (χ1v) is 14.4. The van der Waals surface area contributed by atoms with E-state index in [1.807, 2.05) is 50.7 Å². The lowest BCUT2D eigenvalue weighted by atomic mass is 9.98. The number of carbonyl (C=O) groups excluding carboxylic acids is 1. The highest BCUT2D eigenvalue weighted by molar-refractivity contribution is 6.32. The van der Waals surface area contributed by atoms with Crippen molar-refractivity contribution in [2.75, 3.05) is 6.61 Å². The number of H-pyrrole nitrogens is 1. The van der Waals surface area contributed by atoms with E-state index in [4.69, 9.17) is 16.3 Å². The summed E-state index contributed by atoms with van der Waals surface area (Å²) in [5.74, 6) is 0.571. The molecule has 3 heterocycles. The number of benzene rings is 2. The number of aromatic amines is 1. The fourth-order valence-corrected chi connectivity index (χ4v) is 5.62. The largest absolute Gasteiger partial charge is 0.494 e. The molecular weight excluding hydrogens is 550 g/mol. The van der Waals surface area contributed by atoms with Crippen molar-refractivity contribution in [3.8, 4) is 16.9 Å². The number of amides is 1. The van der Waals surface area contributed by atoms with Gasteiger partial charge in [0.2, 0.25) is 0 Å². The second kappa shape index (κ2) is 12.4. The van der Waals surface area contributed by atoms with E-state index in [2.05, 4.69) is 39.4 Å². The van der Waals surface area contributed by atoms with Crippen LogP contribution in [0, 0.1) is 27.7 Å². The highest BCUT2D eigenvalue weighted by atomic mass is 35.5. The van der Waals surface area contributed by atoms with Crippen LogP contribution in [0.25, 0.3) is 22.0 Å². The fraction of sp³-hybridized carbons (Fsp3) is 0.303. The molecule has 0 aliphatic heterocycles. The van der Waals surface area contributed by atoms with Crippen LogP contribution in [-0.2, 0) is 26.6 Å². The number of aliphatic hydroxyl groups excluding tert-OH is 1. The molecule has 42 heavy (non-hydrogen) atoms. The summed E-state index contributed by atoms with van der Waals surface area (Å²) < 4.78 is 7.96. The summed E-state index contributed by atoms with van der Waals surface area (Å²) >= 11 is 6.32. The van der Waals surface area contributed by atoms with Crippen LogP contribution in [0.5, 0.6) is 5.75 Å². The van der Waals surface area contributed by atoms with Crippen molar-refractivity contribution in [2.45, 2.75) is 53.7 Å². The molecule has 0 bridgehead atoms. The smallest absolute Gasteiger partial charge is 0.268 e. The van der Waals surface area contributed by atoms with Gasteiger partial charge in [-0.15, -0.1) is 0 Å². The SMILES string of the molecule is Cc1cc(OCCCc2c(C(=O)NCc3cc(CO)ccn3)[nH]c3c(-c4c(C)nn(C)c4C)cccc23)cc(C)c1Cl. The summed E-state index contributed by atoms with van der Waals surface area (Å²) in [4.78, 5) is 21.4. The quantitative estimate of drug-likeness (QED) is 0.167. The average molecular weight is 586 g/mol. The zero-order chi connectivity index (χ0) is 30.0. The van der Waals surface area contributed by atoms with Gasteiger partial charge in [0.15, 0.2) is 0 Å². The molecule has 0 fully saturated rings. The Morgan fingerprint density at radius 1 is 1.12 bits per heavy atom. The molecule has 2 aromatic carbocycles. The second-order valence-electron chi connectivity index (χ2n) is 10.7. The maximum absolute atomic E-state index is 13.6. The number of rotatable bonds is 10. The van der Waals surface area contributed by atoms with Crippen molar-refractivity contribution in [3.05, 3.63) is 98.7 Å². The molecule has 0 aliphatic carbocycles. The predicted octanol–water partition coefficient (Wildman–Crippen LogP) is 6.28. The number of hydrogen-bond donors (Lipinski definition) is 3. The number of aromatic nitrogens is 4. The van der Waals surface area contributed by atoms with Crippen LogP contribution in [0.3, 0.4) is 0 Å². The number of fused-ring (bicyclic) bond motifs is 1. The van der Waals surface area contributed by atoms with E-state index >= 15 is 0 Å². The molecule has 218 valence electrons. The van der Waals surface area contributed by atoms with Crippen LogP contribution < -0.4 is 10.1 Å². The normalized spacial score (nSPS) is 11.3. The number of aryl methyl sites for hydroxylation is 5. The van der Waals surface area contributed by atoms with Gasteiger partial charge in [0, 0.05) is 40.5 Å². The molecule has 0 saturated carbocycles. The third-order valence-corrected chi connectivity index (χ3v) is 8.29. The average Bonchev–Trinajstić information content (AvgIpc) is 3.48. The number of hydrogen-bond acceptors (Lipinski definition) is 5. The summed E-state index contributed by atoms with van der Waals surface area (Å²) in [6.45, 7) is 8.65. The van der Waals surface area contributed by atoms with E-state index in [-0.39, 0.29) is 19.1 Å². The summed E-state index contributed by atoms with van der Waals surface area (Å²) in [5.41, 5.74) is 9.81. The van der Waals surface area contributed by atoms with Crippen molar-refractivity contribution in [3.63, 3.8) is 0 Å². The first kappa shape index (κ1) is 29.4. The Morgan fingerprint density at radius 2 is 1.88 bits per heavy atom. The zero-order valence-corrected chi connectivity index (χ0v) is 25.4. The Balaban J connectivity index is 1.45. The van der Waals surface area contributed by atoms with Crippen molar-refractivity contribution < 1.29 is 14.6 Å². The molecule has 0 unspecified atom stereocenters. The standard InChI is InChI=1S/C33H36ClN5O3/c1-19-14-25(15-20(2)30(19)34)42-13-7-10-27-26-8-6-9-28(29-21(3)38-39(5)22(29)4)31(26)37-32(27)33(41)36-17-24-16-23(18-40)11-12-35-24/h6,8-9,11-12,14-16,37,40H,7,10,13,17-18H2,1-5H3,(H,36,41). The number of ether oxygens (including phenoxy) is 1. The minimum atomic E-state index is -0.215. The van der Waals surface area contributed by atoms with Gasteiger partial charge >= 0.3 is 0 Å². The molecular formula is C33H36ClN5O3. The Labute approximate surface area is 250 Å². The van der Waals surface area contributed by atoms with Gasteiger partial charge in [-0.25, -0.2) is 0 Å². The number of carbonyl (C=O) groups is 1. The van der Waals surface area contributed by atoms with Gasteiger partial charge in [-0.3, -0.25) is 14.5 Å². The monoisotopic (exact) mass is 585 g/mol. The van der Waals surface area contributed by atoms with E-state index in [0.717, 1.165) is 66.4 Å². The third kappa shape index (κ3) is 5.91. The molecule has 0 saturated heterocycles. The van der Waals surface area contributed by atoms with Crippen molar-refractivity contribution in [2.24, 2.45) is 7.05 Å². The number of nitrogens with zero attached hydrogens (tertiary/aromatic N) is 3. The van der Waals surface area contributed by atoms with Crippen LogP contribution >= 0.6 is 11.6 Å². The summed E-state index contributed by atoms with van der Waals surface area (Å²) in [7, 11) is 1.94. The molecule has 0 aliphatic rings. The maximum atomic E-state index is 13.6. The van der Waals surface area contributed by atoms with Gasteiger partial charge < -0.3 is 20.1 Å². The van der Waals surface area contributed by atoms with Gasteiger partial charge in [-0.05, 0) is 87.1 Å². The first-order valence-electron chi connectivity index (χ1n) is 14.0. The van der Waals surface area contributed by atoms with Crippen molar-refractivity contribution in [1.82, 2.24) is 25.1 Å². The molecule has 1 amide bonds. The summed E-state index contributed by atoms with van der Waals surface area (Å²) in [6.07, 6.45) is 2.99. The lowest BCUT2D eigenvalue weighted by Gasteiger charge is -2.11. The van der Waals surface area contributed by atoms with Gasteiger partial charge in [0.05, 0.1) is 36.7 Å². The van der Waals surface area contributed by atoms with Gasteiger partial charge in [0.25, 0.3) is 5.91 Å². The predicted molar refractivity (Wildman–Crippen MR) is 166 cm³/mol. The maximum Gasteiger partial charge on any atom is 0.268 e. The molecule has 5 aromatic rings. The highest BCUT2D eigenvalue weighted by Crippen LogP contribution is 2.35. The van der Waals surface area contributed by atoms with Crippen molar-refractivity contribution in [1.29, 1.82) is 0 Å².